The molecule has 1 saturated heterocycles. The zero-order chi connectivity index (χ0) is 22.7. The number of aromatic nitrogens is 2. The largest absolute Gasteiger partial charge is 0.325 e. The molecule has 3 amide bonds. The number of nitrogens with one attached hydrogen (secondary N) is 2. The average molecular weight is 450 g/mol. The van der Waals surface area contributed by atoms with E-state index in [-0.39, 0.29) is 24.1 Å². The third kappa shape index (κ3) is 4.52. The van der Waals surface area contributed by atoms with E-state index in [0.29, 0.717) is 22.9 Å². The lowest BCUT2D eigenvalue weighted by Crippen LogP contribution is -2.29. The first-order valence-electron chi connectivity index (χ1n) is 10.4. The minimum Gasteiger partial charge on any atom is -0.325 e. The van der Waals surface area contributed by atoms with Crippen LogP contribution in [0.3, 0.4) is 0 Å². The Kier molecular flexibility index (Phi) is 6.27. The van der Waals surface area contributed by atoms with Crippen LogP contribution in [-0.4, -0.2) is 34.5 Å². The summed E-state index contributed by atoms with van der Waals surface area (Å²) in [5.74, 6) is -1.27. The molecule has 164 valence electrons. The number of aryl methyl sites for hydroxylation is 2. The van der Waals surface area contributed by atoms with Crippen molar-refractivity contribution in [2.75, 3.05) is 22.1 Å². The van der Waals surface area contributed by atoms with E-state index < -0.39 is 5.92 Å². The van der Waals surface area contributed by atoms with Crippen molar-refractivity contribution in [3.8, 4) is 0 Å². The first kappa shape index (κ1) is 21.6. The minimum absolute atomic E-state index is 0.0894. The third-order valence-electron chi connectivity index (χ3n) is 5.32. The lowest BCUT2D eigenvalue weighted by Gasteiger charge is -2.19. The van der Waals surface area contributed by atoms with Gasteiger partial charge in [0.15, 0.2) is 0 Å². The summed E-state index contributed by atoms with van der Waals surface area (Å²) < 4.78 is 0. The molecule has 1 aromatic heterocycles. The Balaban J connectivity index is 1.46. The van der Waals surface area contributed by atoms with Gasteiger partial charge in [0.2, 0.25) is 16.9 Å². The molecule has 0 spiro atoms. The standard InChI is InChI=1S/C23H23N5O3S/c1-3-19-26-27-23(32-19)25-22(31)16-9-5-6-10-17(16)24-21(30)15-12-20(29)28(13-15)18-11-7-4-8-14(18)2/h4-11,15H,3,12-13H2,1-2H3,(H,24,30)(H,25,27,31). The van der Waals surface area contributed by atoms with E-state index >= 15 is 0 Å². The second-order valence-corrected chi connectivity index (χ2v) is 8.60. The summed E-state index contributed by atoms with van der Waals surface area (Å²) in [7, 11) is 0. The van der Waals surface area contributed by atoms with Crippen molar-refractivity contribution in [2.45, 2.75) is 26.7 Å². The molecular formula is C23H23N5O3S. The summed E-state index contributed by atoms with van der Waals surface area (Å²) in [5, 5.41) is 14.8. The van der Waals surface area contributed by atoms with Crippen molar-refractivity contribution in [3.63, 3.8) is 0 Å². The molecule has 1 fully saturated rings. The van der Waals surface area contributed by atoms with Crippen molar-refractivity contribution in [1.29, 1.82) is 0 Å². The van der Waals surface area contributed by atoms with Gasteiger partial charge in [0.1, 0.15) is 5.01 Å². The van der Waals surface area contributed by atoms with E-state index in [9.17, 15) is 14.4 Å². The molecule has 2 heterocycles. The smallest absolute Gasteiger partial charge is 0.259 e. The number of rotatable bonds is 6. The Morgan fingerprint density at radius 1 is 1.09 bits per heavy atom. The van der Waals surface area contributed by atoms with Gasteiger partial charge in [0, 0.05) is 18.7 Å². The molecule has 2 aromatic carbocycles. The van der Waals surface area contributed by atoms with Crippen LogP contribution in [0, 0.1) is 12.8 Å². The lowest BCUT2D eigenvalue weighted by atomic mass is 10.1. The Labute approximate surface area is 189 Å². The predicted molar refractivity (Wildman–Crippen MR) is 124 cm³/mol. The molecule has 8 nitrogen and oxygen atoms in total. The molecule has 0 saturated carbocycles. The molecule has 3 aromatic rings. The first-order valence-corrected chi connectivity index (χ1v) is 11.2. The fourth-order valence-electron chi connectivity index (χ4n) is 3.62. The minimum atomic E-state index is -0.506. The second kappa shape index (κ2) is 9.27. The predicted octanol–water partition coefficient (Wildman–Crippen LogP) is 3.65. The molecular weight excluding hydrogens is 426 g/mol. The van der Waals surface area contributed by atoms with Crippen LogP contribution in [0.25, 0.3) is 0 Å². The fourth-order valence-corrected chi connectivity index (χ4v) is 4.29. The van der Waals surface area contributed by atoms with Crippen LogP contribution in [-0.2, 0) is 16.0 Å². The molecule has 1 unspecified atom stereocenters. The van der Waals surface area contributed by atoms with Crippen LogP contribution in [0.15, 0.2) is 48.5 Å². The highest BCUT2D eigenvalue weighted by atomic mass is 32.1. The molecule has 1 aliphatic rings. The van der Waals surface area contributed by atoms with Crippen molar-refractivity contribution in [2.24, 2.45) is 5.92 Å². The maximum atomic E-state index is 13.0. The van der Waals surface area contributed by atoms with Crippen molar-refractivity contribution < 1.29 is 14.4 Å². The van der Waals surface area contributed by atoms with E-state index in [0.717, 1.165) is 22.7 Å². The van der Waals surface area contributed by atoms with E-state index in [4.69, 9.17) is 0 Å². The average Bonchev–Trinajstić information content (AvgIpc) is 3.40. The van der Waals surface area contributed by atoms with Crippen LogP contribution in [0.2, 0.25) is 0 Å². The number of hydrogen-bond acceptors (Lipinski definition) is 6. The number of hydrogen-bond donors (Lipinski definition) is 2. The van der Waals surface area contributed by atoms with Crippen LogP contribution >= 0.6 is 11.3 Å². The van der Waals surface area contributed by atoms with Gasteiger partial charge < -0.3 is 10.2 Å². The van der Waals surface area contributed by atoms with Crippen molar-refractivity contribution >= 4 is 45.6 Å². The molecule has 0 bridgehead atoms. The Bertz CT molecular complexity index is 1180. The van der Waals surface area contributed by atoms with Gasteiger partial charge in [-0.2, -0.15) is 0 Å². The van der Waals surface area contributed by atoms with Crippen molar-refractivity contribution in [1.82, 2.24) is 10.2 Å². The molecule has 1 atom stereocenters. The summed E-state index contributed by atoms with van der Waals surface area (Å²) in [6.07, 6.45) is 0.860. The van der Waals surface area contributed by atoms with Gasteiger partial charge in [0.25, 0.3) is 5.91 Å². The van der Waals surface area contributed by atoms with Gasteiger partial charge in [-0.15, -0.1) is 10.2 Å². The van der Waals surface area contributed by atoms with Crippen LogP contribution in [0.4, 0.5) is 16.5 Å². The van der Waals surface area contributed by atoms with Crippen LogP contribution in [0.1, 0.15) is 34.3 Å². The Hall–Kier alpha value is -3.59. The van der Waals surface area contributed by atoms with Gasteiger partial charge >= 0.3 is 0 Å². The highest BCUT2D eigenvalue weighted by Gasteiger charge is 2.36. The normalized spacial score (nSPS) is 15.6. The number of carbonyl (C=O) groups is 3. The number of anilines is 3. The lowest BCUT2D eigenvalue weighted by molar-refractivity contribution is -0.122. The van der Waals surface area contributed by atoms with Gasteiger partial charge in [-0.05, 0) is 37.1 Å². The van der Waals surface area contributed by atoms with E-state index in [1.807, 2.05) is 38.1 Å². The van der Waals surface area contributed by atoms with Gasteiger partial charge in [-0.1, -0.05) is 48.6 Å². The summed E-state index contributed by atoms with van der Waals surface area (Å²) in [6, 6.07) is 14.4. The molecule has 0 radical (unpaired) electrons. The monoisotopic (exact) mass is 449 g/mol. The molecule has 0 aliphatic carbocycles. The number of nitrogens with zero attached hydrogens (tertiary/aromatic N) is 3. The van der Waals surface area contributed by atoms with E-state index in [1.54, 1.807) is 29.2 Å². The van der Waals surface area contributed by atoms with Gasteiger partial charge in [-0.25, -0.2) is 0 Å². The Morgan fingerprint density at radius 3 is 2.59 bits per heavy atom. The highest BCUT2D eigenvalue weighted by Crippen LogP contribution is 2.29. The van der Waals surface area contributed by atoms with Gasteiger partial charge in [-0.3, -0.25) is 19.7 Å². The summed E-state index contributed by atoms with van der Waals surface area (Å²) >= 11 is 1.31. The zero-order valence-corrected chi connectivity index (χ0v) is 18.6. The SMILES string of the molecule is CCc1nnc(NC(=O)c2ccccc2NC(=O)C2CC(=O)N(c3ccccc3C)C2)s1. The molecule has 4 rings (SSSR count). The van der Waals surface area contributed by atoms with E-state index in [2.05, 4.69) is 20.8 Å². The fraction of sp³-hybridized carbons (Fsp3) is 0.261. The topological polar surface area (TPSA) is 104 Å². The number of amides is 3. The molecule has 2 N–H and O–H groups in total. The van der Waals surface area contributed by atoms with Crippen LogP contribution < -0.4 is 15.5 Å². The zero-order valence-electron chi connectivity index (χ0n) is 17.8. The molecule has 9 heteroatoms. The number of para-hydroxylation sites is 2. The first-order chi connectivity index (χ1) is 15.5. The summed E-state index contributed by atoms with van der Waals surface area (Å²) in [5.41, 5.74) is 2.49. The van der Waals surface area contributed by atoms with Crippen LogP contribution in [0.5, 0.6) is 0 Å². The number of benzene rings is 2. The summed E-state index contributed by atoms with van der Waals surface area (Å²) in [4.78, 5) is 40.0. The van der Waals surface area contributed by atoms with E-state index in [1.165, 1.54) is 11.3 Å². The second-order valence-electron chi connectivity index (χ2n) is 7.54. The highest BCUT2D eigenvalue weighted by molar-refractivity contribution is 7.15. The number of carbonyl (C=O) groups excluding carboxylic acids is 3. The quantitative estimate of drug-likeness (QED) is 0.598. The Morgan fingerprint density at radius 2 is 1.84 bits per heavy atom. The molecule has 32 heavy (non-hydrogen) atoms. The maximum Gasteiger partial charge on any atom is 0.259 e. The van der Waals surface area contributed by atoms with Gasteiger partial charge in [0.05, 0.1) is 17.2 Å². The molecule has 1 aliphatic heterocycles. The third-order valence-corrected chi connectivity index (χ3v) is 6.30. The van der Waals surface area contributed by atoms with Crippen molar-refractivity contribution in [3.05, 3.63) is 64.7 Å². The maximum absolute atomic E-state index is 13.0. The summed E-state index contributed by atoms with van der Waals surface area (Å²) in [6.45, 7) is 4.20.